The van der Waals surface area contributed by atoms with Gasteiger partial charge in [0, 0.05) is 5.39 Å². The van der Waals surface area contributed by atoms with Gasteiger partial charge in [0.05, 0.1) is 5.52 Å². The Morgan fingerprint density at radius 2 is 2.17 bits per heavy atom. The summed E-state index contributed by atoms with van der Waals surface area (Å²) in [6.07, 6.45) is 4.69. The van der Waals surface area contributed by atoms with E-state index in [9.17, 15) is 4.79 Å². The first-order valence-electron chi connectivity index (χ1n) is 5.25. The topological polar surface area (TPSA) is 72.3 Å². The largest absolute Gasteiger partial charge is 0.476 e. The fourth-order valence-corrected chi connectivity index (χ4v) is 1.50. The summed E-state index contributed by atoms with van der Waals surface area (Å²) in [5.41, 5.74) is 0.317. The molecule has 0 fully saturated rings. The zero-order valence-electron chi connectivity index (χ0n) is 9.62. The van der Waals surface area contributed by atoms with E-state index in [1.165, 1.54) is 0 Å². The van der Waals surface area contributed by atoms with E-state index >= 15 is 0 Å². The van der Waals surface area contributed by atoms with Crippen LogP contribution in [0.1, 0.15) is 17.4 Å². The van der Waals surface area contributed by atoms with Gasteiger partial charge in [0.25, 0.3) is 0 Å². The molecule has 0 amide bonds. The zero-order chi connectivity index (χ0) is 13.1. The summed E-state index contributed by atoms with van der Waals surface area (Å²) < 4.78 is 5.45. The molecule has 1 aromatic heterocycles. The molecule has 90 valence electrons. The predicted molar refractivity (Wildman–Crippen MR) is 65.4 cm³/mol. The van der Waals surface area contributed by atoms with E-state index in [0.29, 0.717) is 10.9 Å². The molecule has 1 atom stereocenters. The van der Waals surface area contributed by atoms with Crippen LogP contribution >= 0.6 is 0 Å². The van der Waals surface area contributed by atoms with Crippen molar-refractivity contribution in [3.63, 3.8) is 0 Å². The maximum absolute atomic E-state index is 11.1. The van der Waals surface area contributed by atoms with Crippen LogP contribution in [-0.4, -0.2) is 27.4 Å². The molecule has 0 saturated heterocycles. The average Bonchev–Trinajstić information content (AvgIpc) is 2.38. The Balaban J connectivity index is 2.67. The number of ether oxygens (including phenoxy) is 1. The molecule has 1 N–H and O–H groups in total. The smallest absolute Gasteiger partial charge is 0.360 e. The number of carbonyl (C=O) groups is 1. The standard InChI is InChI=1S/C13H10N2O3/c1-3-8(2)18-12-9-6-4-5-7-10(9)14-15-11(12)13(16)17/h1,4-8H,2H3,(H,16,17). The van der Waals surface area contributed by atoms with Crippen molar-refractivity contribution >= 4 is 16.9 Å². The van der Waals surface area contributed by atoms with Gasteiger partial charge < -0.3 is 9.84 Å². The minimum Gasteiger partial charge on any atom is -0.476 e. The van der Waals surface area contributed by atoms with Gasteiger partial charge in [-0.05, 0) is 19.1 Å². The second kappa shape index (κ2) is 4.72. The molecule has 1 aromatic carbocycles. The second-order valence-corrected chi connectivity index (χ2v) is 3.63. The lowest BCUT2D eigenvalue weighted by Crippen LogP contribution is -2.14. The van der Waals surface area contributed by atoms with Crippen molar-refractivity contribution in [2.75, 3.05) is 0 Å². The molecular weight excluding hydrogens is 232 g/mol. The Kier molecular flexibility index (Phi) is 3.11. The van der Waals surface area contributed by atoms with E-state index in [-0.39, 0.29) is 11.4 Å². The fraction of sp³-hybridized carbons (Fsp3) is 0.154. The summed E-state index contributed by atoms with van der Waals surface area (Å²) in [6.45, 7) is 1.65. The highest BCUT2D eigenvalue weighted by atomic mass is 16.5. The van der Waals surface area contributed by atoms with Crippen LogP contribution in [0.2, 0.25) is 0 Å². The third-order valence-corrected chi connectivity index (χ3v) is 2.35. The molecule has 0 spiro atoms. The quantitative estimate of drug-likeness (QED) is 0.830. The molecule has 1 heterocycles. The zero-order valence-corrected chi connectivity index (χ0v) is 9.62. The molecule has 0 aliphatic heterocycles. The van der Waals surface area contributed by atoms with Crippen LogP contribution in [0.15, 0.2) is 24.3 Å². The number of terminal acetylenes is 1. The number of rotatable bonds is 3. The van der Waals surface area contributed by atoms with Crippen LogP contribution in [0.3, 0.4) is 0 Å². The molecule has 0 aliphatic carbocycles. The van der Waals surface area contributed by atoms with Crippen LogP contribution in [0, 0.1) is 12.3 Å². The molecule has 0 saturated carbocycles. The van der Waals surface area contributed by atoms with Gasteiger partial charge in [-0.2, -0.15) is 0 Å². The Morgan fingerprint density at radius 3 is 2.83 bits per heavy atom. The number of fused-ring (bicyclic) bond motifs is 1. The second-order valence-electron chi connectivity index (χ2n) is 3.63. The Hall–Kier alpha value is -2.61. The summed E-state index contributed by atoms with van der Waals surface area (Å²) in [6, 6.07) is 6.99. The van der Waals surface area contributed by atoms with Gasteiger partial charge in [-0.1, -0.05) is 18.1 Å². The highest BCUT2D eigenvalue weighted by Gasteiger charge is 2.19. The van der Waals surface area contributed by atoms with E-state index in [4.69, 9.17) is 16.3 Å². The molecule has 0 aliphatic rings. The molecule has 2 rings (SSSR count). The number of hydrogen-bond acceptors (Lipinski definition) is 4. The number of carboxylic acid groups (broad SMARTS) is 1. The maximum Gasteiger partial charge on any atom is 0.360 e. The van der Waals surface area contributed by atoms with E-state index in [1.54, 1.807) is 31.2 Å². The van der Waals surface area contributed by atoms with Gasteiger partial charge in [0.1, 0.15) is 0 Å². The van der Waals surface area contributed by atoms with Crippen molar-refractivity contribution in [2.24, 2.45) is 0 Å². The van der Waals surface area contributed by atoms with E-state index in [0.717, 1.165) is 0 Å². The van der Waals surface area contributed by atoms with Gasteiger partial charge in [0.2, 0.25) is 5.69 Å². The summed E-state index contributed by atoms with van der Waals surface area (Å²) in [5, 5.41) is 17.1. The highest BCUT2D eigenvalue weighted by Crippen LogP contribution is 2.27. The third-order valence-electron chi connectivity index (χ3n) is 2.35. The van der Waals surface area contributed by atoms with Crippen LogP contribution in [-0.2, 0) is 0 Å². The SMILES string of the molecule is C#CC(C)Oc1c(C(=O)O)nnc2ccccc12. The number of aromatic nitrogens is 2. The monoisotopic (exact) mass is 242 g/mol. The molecule has 0 bridgehead atoms. The van der Waals surface area contributed by atoms with Gasteiger partial charge in [-0.15, -0.1) is 16.6 Å². The summed E-state index contributed by atoms with van der Waals surface area (Å²) in [4.78, 5) is 11.1. The van der Waals surface area contributed by atoms with Gasteiger partial charge in [0.15, 0.2) is 11.9 Å². The number of nitrogens with zero attached hydrogens (tertiary/aromatic N) is 2. The number of carboxylic acids is 1. The van der Waals surface area contributed by atoms with E-state index in [1.807, 2.05) is 0 Å². The van der Waals surface area contributed by atoms with Gasteiger partial charge in [-0.3, -0.25) is 0 Å². The maximum atomic E-state index is 11.1. The average molecular weight is 242 g/mol. The third kappa shape index (κ3) is 2.09. The highest BCUT2D eigenvalue weighted by molar-refractivity contribution is 5.96. The predicted octanol–water partition coefficient (Wildman–Crippen LogP) is 1.73. The van der Waals surface area contributed by atoms with Crippen molar-refractivity contribution in [1.82, 2.24) is 10.2 Å². The summed E-state index contributed by atoms with van der Waals surface area (Å²) in [7, 11) is 0. The molecule has 18 heavy (non-hydrogen) atoms. The van der Waals surface area contributed by atoms with Crippen molar-refractivity contribution in [3.8, 4) is 18.1 Å². The number of hydrogen-bond donors (Lipinski definition) is 1. The molecule has 5 heteroatoms. The molecule has 2 aromatic rings. The first-order chi connectivity index (χ1) is 8.63. The van der Waals surface area contributed by atoms with Gasteiger partial charge in [-0.25, -0.2) is 4.79 Å². The lowest BCUT2D eigenvalue weighted by Gasteiger charge is -2.12. The first-order valence-corrected chi connectivity index (χ1v) is 5.25. The van der Waals surface area contributed by atoms with Crippen molar-refractivity contribution in [1.29, 1.82) is 0 Å². The van der Waals surface area contributed by atoms with Gasteiger partial charge >= 0.3 is 5.97 Å². The molecule has 1 unspecified atom stereocenters. The lowest BCUT2D eigenvalue weighted by atomic mass is 10.2. The minimum atomic E-state index is -1.20. The summed E-state index contributed by atoms with van der Waals surface area (Å²) in [5.74, 6) is 1.33. The van der Waals surface area contributed by atoms with E-state index < -0.39 is 12.1 Å². The van der Waals surface area contributed by atoms with Crippen molar-refractivity contribution in [2.45, 2.75) is 13.0 Å². The van der Waals surface area contributed by atoms with Crippen LogP contribution in [0.5, 0.6) is 5.75 Å². The Labute approximate surface area is 103 Å². The van der Waals surface area contributed by atoms with Crippen molar-refractivity contribution < 1.29 is 14.6 Å². The van der Waals surface area contributed by atoms with Crippen molar-refractivity contribution in [3.05, 3.63) is 30.0 Å². The Morgan fingerprint density at radius 1 is 1.44 bits per heavy atom. The lowest BCUT2D eigenvalue weighted by molar-refractivity contribution is 0.0683. The van der Waals surface area contributed by atoms with E-state index in [2.05, 4.69) is 16.1 Å². The van der Waals surface area contributed by atoms with Crippen LogP contribution < -0.4 is 4.74 Å². The van der Waals surface area contributed by atoms with Crippen LogP contribution in [0.25, 0.3) is 10.9 Å². The molecule has 5 nitrogen and oxygen atoms in total. The number of benzene rings is 1. The summed E-state index contributed by atoms with van der Waals surface area (Å²) >= 11 is 0. The minimum absolute atomic E-state index is 0.151. The Bertz CT molecular complexity index is 646. The molecule has 0 radical (unpaired) electrons. The fourth-order valence-electron chi connectivity index (χ4n) is 1.50. The van der Waals surface area contributed by atoms with Crippen LogP contribution in [0.4, 0.5) is 0 Å². The number of aromatic carboxylic acids is 1. The normalized spacial score (nSPS) is 11.8. The molecular formula is C13H10N2O3. The first kappa shape index (κ1) is 11.9.